The minimum absolute atomic E-state index is 0.0110. The highest BCUT2D eigenvalue weighted by atomic mass is 19.1. The zero-order chi connectivity index (χ0) is 49.9. The van der Waals surface area contributed by atoms with E-state index in [1.807, 2.05) is 12.1 Å². The molecule has 0 unspecified atom stereocenters. The zero-order valence-corrected chi connectivity index (χ0v) is 40.7. The minimum Gasteiger partial charge on any atom is -0.493 e. The highest BCUT2D eigenvalue weighted by Crippen LogP contribution is 2.38. The summed E-state index contributed by atoms with van der Waals surface area (Å²) in [5, 5.41) is 0. The number of methoxy groups -OCH3 is 8. The molecule has 6 rings (SSSR count). The van der Waals surface area contributed by atoms with Crippen molar-refractivity contribution in [1.82, 2.24) is 0 Å². The topological polar surface area (TPSA) is 142 Å². The third kappa shape index (κ3) is 14.2. The summed E-state index contributed by atoms with van der Waals surface area (Å²) in [6, 6.07) is 21.0. The van der Waals surface area contributed by atoms with Crippen LogP contribution in [0.3, 0.4) is 0 Å². The molecule has 69 heavy (non-hydrogen) atoms. The van der Waals surface area contributed by atoms with E-state index in [1.54, 1.807) is 101 Å². The van der Waals surface area contributed by atoms with Crippen molar-refractivity contribution in [2.24, 2.45) is 17.8 Å². The first-order chi connectivity index (χ1) is 33.3. The van der Waals surface area contributed by atoms with E-state index in [2.05, 4.69) is 0 Å². The zero-order valence-electron chi connectivity index (χ0n) is 40.7. The van der Waals surface area contributed by atoms with E-state index in [-0.39, 0.29) is 23.9 Å². The van der Waals surface area contributed by atoms with Gasteiger partial charge in [0.1, 0.15) is 0 Å². The molecule has 2 aliphatic rings. The van der Waals surface area contributed by atoms with Crippen LogP contribution in [0.5, 0.6) is 46.0 Å². The van der Waals surface area contributed by atoms with Gasteiger partial charge in [-0.2, -0.15) is 0 Å². The fraction of sp³-hybridized carbons (Fsp3) is 0.357. The van der Waals surface area contributed by atoms with Crippen LogP contribution in [0.4, 0.5) is 4.39 Å². The third-order valence-corrected chi connectivity index (χ3v) is 12.4. The Morgan fingerprint density at radius 3 is 1.01 bits per heavy atom. The van der Waals surface area contributed by atoms with E-state index in [9.17, 15) is 19.2 Å². The number of alkyl halides is 1. The summed E-state index contributed by atoms with van der Waals surface area (Å²) in [7, 11) is 12.3. The molecule has 0 aliphatic heterocycles. The smallest absolute Gasteiger partial charge is 0.234 e. The standard InChI is InChI=1S/C28H31FO6.C28H32O6/c1-32-22-12-8-19(16-24(22)34-3)10-14-26(30)28(29,18-21-6-5-7-21)27(31)15-11-20-9-13-23(33-2)25(17-20)35-4;1-31-25-14-10-20(17-27(25)33-3)8-12-23(29)22(16-19-6-5-7-19)24(30)13-9-21-11-15-26(32-2)28(18-21)34-4/h8-17,21H,5-7,18H2,1-4H3;8-15,17-19,22H,5-7,16H2,1-4H3/b14-10+,15-11+;12-8+,13-9+. The second-order valence-electron chi connectivity index (χ2n) is 16.7. The molecular formula is C56H63FO12. The molecule has 2 aliphatic carbocycles. The lowest BCUT2D eigenvalue weighted by molar-refractivity contribution is -0.139. The summed E-state index contributed by atoms with van der Waals surface area (Å²) in [5.74, 6) is 2.04. The van der Waals surface area contributed by atoms with E-state index >= 15 is 4.39 Å². The molecule has 0 radical (unpaired) electrons. The van der Waals surface area contributed by atoms with Crippen molar-refractivity contribution < 1.29 is 61.5 Å². The van der Waals surface area contributed by atoms with Crippen molar-refractivity contribution in [2.45, 2.75) is 57.0 Å². The Hall–Kier alpha value is -7.15. The van der Waals surface area contributed by atoms with E-state index < -0.39 is 23.2 Å². The van der Waals surface area contributed by atoms with Gasteiger partial charge < -0.3 is 37.9 Å². The first kappa shape index (κ1) is 52.8. The molecule has 366 valence electrons. The molecule has 0 heterocycles. The Labute approximate surface area is 404 Å². The SMILES string of the molecule is COc1ccc(/C=C/C(=O)C(CC2CCC2)C(=O)/C=C/c2ccc(OC)c(OC)c2)cc1OC.COc1ccc(/C=C/C(=O)C(F)(CC2CCC2)C(=O)/C=C/c2ccc(OC)c(OC)c2)cc1OC. The van der Waals surface area contributed by atoms with Crippen LogP contribution in [0.2, 0.25) is 0 Å². The largest absolute Gasteiger partial charge is 0.493 e. The number of ketones is 4. The molecule has 12 nitrogen and oxygen atoms in total. The van der Waals surface area contributed by atoms with Gasteiger partial charge in [0.25, 0.3) is 0 Å². The molecule has 0 aromatic heterocycles. The number of carbonyl (C=O) groups is 4. The first-order valence-corrected chi connectivity index (χ1v) is 22.8. The van der Waals surface area contributed by atoms with Crippen molar-refractivity contribution in [3.63, 3.8) is 0 Å². The Morgan fingerprint density at radius 1 is 0.464 bits per heavy atom. The Morgan fingerprint density at radius 2 is 0.754 bits per heavy atom. The summed E-state index contributed by atoms with van der Waals surface area (Å²) >= 11 is 0. The lowest BCUT2D eigenvalue weighted by atomic mass is 9.75. The van der Waals surface area contributed by atoms with Crippen LogP contribution < -0.4 is 37.9 Å². The summed E-state index contributed by atoms with van der Waals surface area (Å²) < 4.78 is 58.2. The maximum absolute atomic E-state index is 16.1. The maximum atomic E-state index is 16.1. The Bertz CT molecular complexity index is 2370. The predicted octanol–water partition coefficient (Wildman–Crippen LogP) is 10.9. The molecule has 2 fully saturated rings. The number of ether oxygens (including phenoxy) is 8. The van der Waals surface area contributed by atoms with E-state index in [0.717, 1.165) is 61.8 Å². The maximum Gasteiger partial charge on any atom is 0.234 e. The number of hydrogen-bond donors (Lipinski definition) is 0. The lowest BCUT2D eigenvalue weighted by Gasteiger charge is -2.31. The third-order valence-electron chi connectivity index (χ3n) is 12.4. The van der Waals surface area contributed by atoms with Gasteiger partial charge in [-0.25, -0.2) is 4.39 Å². The van der Waals surface area contributed by atoms with Gasteiger partial charge in [-0.05, 0) is 120 Å². The van der Waals surface area contributed by atoms with Crippen LogP contribution >= 0.6 is 0 Å². The van der Waals surface area contributed by atoms with E-state index in [4.69, 9.17) is 37.9 Å². The van der Waals surface area contributed by atoms with Crippen molar-refractivity contribution >= 4 is 47.4 Å². The molecule has 13 heteroatoms. The first-order valence-electron chi connectivity index (χ1n) is 22.8. The fourth-order valence-corrected chi connectivity index (χ4v) is 7.87. The molecule has 0 atom stereocenters. The van der Waals surface area contributed by atoms with Crippen LogP contribution in [0.15, 0.2) is 97.1 Å². The van der Waals surface area contributed by atoms with Gasteiger partial charge in [0, 0.05) is 0 Å². The lowest BCUT2D eigenvalue weighted by Crippen LogP contribution is -2.43. The van der Waals surface area contributed by atoms with Gasteiger partial charge in [0.15, 0.2) is 57.6 Å². The number of benzene rings is 4. The number of halogens is 1. The van der Waals surface area contributed by atoms with E-state index in [1.165, 1.54) is 52.7 Å². The van der Waals surface area contributed by atoms with Crippen molar-refractivity contribution in [3.8, 4) is 46.0 Å². The summed E-state index contributed by atoms with van der Waals surface area (Å²) in [6.07, 6.45) is 17.9. The number of rotatable bonds is 24. The predicted molar refractivity (Wildman–Crippen MR) is 266 cm³/mol. The monoisotopic (exact) mass is 946 g/mol. The van der Waals surface area contributed by atoms with Crippen molar-refractivity contribution in [2.75, 3.05) is 56.9 Å². The molecule has 0 bridgehead atoms. The van der Waals surface area contributed by atoms with Gasteiger partial charge >= 0.3 is 0 Å². The molecular weight excluding hydrogens is 884 g/mol. The average Bonchev–Trinajstić information content (AvgIpc) is 3.35. The quantitative estimate of drug-likeness (QED) is 0.0487. The van der Waals surface area contributed by atoms with E-state index in [0.29, 0.717) is 69.5 Å². The fourth-order valence-electron chi connectivity index (χ4n) is 7.87. The van der Waals surface area contributed by atoms with Crippen LogP contribution in [0, 0.1) is 17.8 Å². The van der Waals surface area contributed by atoms with Crippen molar-refractivity contribution in [3.05, 3.63) is 119 Å². The van der Waals surface area contributed by atoms with Gasteiger partial charge in [-0.3, -0.25) is 19.2 Å². The second kappa shape index (κ2) is 25.8. The van der Waals surface area contributed by atoms with Gasteiger partial charge in [0.2, 0.25) is 17.2 Å². The summed E-state index contributed by atoms with van der Waals surface area (Å²) in [5.41, 5.74) is 0.194. The summed E-state index contributed by atoms with van der Waals surface area (Å²) in [4.78, 5) is 52.2. The average molecular weight is 947 g/mol. The minimum atomic E-state index is -2.63. The molecule has 0 saturated heterocycles. The highest BCUT2D eigenvalue weighted by molar-refractivity contribution is 6.20. The molecule has 2 saturated carbocycles. The Balaban J connectivity index is 0.000000258. The molecule has 0 spiro atoms. The highest BCUT2D eigenvalue weighted by Gasteiger charge is 2.46. The van der Waals surface area contributed by atoms with Crippen LogP contribution in [-0.2, 0) is 19.2 Å². The number of allylic oxidation sites excluding steroid dienone is 4. The van der Waals surface area contributed by atoms with Crippen LogP contribution in [0.25, 0.3) is 24.3 Å². The molecule has 0 N–H and O–H groups in total. The second-order valence-corrected chi connectivity index (χ2v) is 16.7. The normalized spacial score (nSPS) is 13.9. The molecule has 4 aromatic rings. The molecule has 4 aromatic carbocycles. The van der Waals surface area contributed by atoms with Crippen LogP contribution in [0.1, 0.15) is 73.6 Å². The van der Waals surface area contributed by atoms with Crippen LogP contribution in [-0.4, -0.2) is 85.7 Å². The Kier molecular flexibility index (Phi) is 19.8. The van der Waals surface area contributed by atoms with Gasteiger partial charge in [-0.1, -0.05) is 87.1 Å². The number of carbonyl (C=O) groups excluding carboxylic acids is 4. The van der Waals surface area contributed by atoms with Gasteiger partial charge in [0.05, 0.1) is 62.8 Å². The number of hydrogen-bond acceptors (Lipinski definition) is 12. The molecule has 0 amide bonds. The van der Waals surface area contributed by atoms with Crippen molar-refractivity contribution in [1.29, 1.82) is 0 Å². The summed E-state index contributed by atoms with van der Waals surface area (Å²) in [6.45, 7) is 0. The van der Waals surface area contributed by atoms with Gasteiger partial charge in [-0.15, -0.1) is 0 Å².